The number of hydrogen-bond acceptors (Lipinski definition) is 3. The Bertz CT molecular complexity index is 426. The quantitative estimate of drug-likeness (QED) is 0.684. The number of urea groups is 1. The molecule has 0 spiro atoms. The molecule has 114 valence electrons. The third-order valence-corrected chi connectivity index (χ3v) is 3.96. The summed E-state index contributed by atoms with van der Waals surface area (Å²) in [4.78, 5) is 36.2. The van der Waals surface area contributed by atoms with Gasteiger partial charge in [0.2, 0.25) is 5.91 Å². The van der Waals surface area contributed by atoms with Crippen LogP contribution in [0.4, 0.5) is 4.79 Å². The van der Waals surface area contributed by atoms with E-state index in [4.69, 9.17) is 5.73 Å². The lowest BCUT2D eigenvalue weighted by Crippen LogP contribution is -2.56. The maximum Gasteiger partial charge on any atom is 0.329 e. The van der Waals surface area contributed by atoms with Gasteiger partial charge in [0, 0.05) is 13.1 Å². The first-order chi connectivity index (χ1) is 9.14. The zero-order chi connectivity index (χ0) is 15.6. The van der Waals surface area contributed by atoms with Crippen molar-refractivity contribution in [1.82, 2.24) is 10.2 Å². The molecule has 0 aromatic rings. The van der Waals surface area contributed by atoms with Crippen LogP contribution in [0.2, 0.25) is 0 Å². The maximum atomic E-state index is 12.1. The van der Waals surface area contributed by atoms with E-state index in [0.717, 1.165) is 0 Å². The molecule has 0 aromatic heterocycles. The van der Waals surface area contributed by atoms with Gasteiger partial charge in [0.1, 0.15) is 5.54 Å². The number of rotatable bonds is 5. The van der Waals surface area contributed by atoms with Crippen LogP contribution in [0.15, 0.2) is 0 Å². The molecule has 0 aromatic carbocycles. The molecule has 3 amide bonds. The van der Waals surface area contributed by atoms with Gasteiger partial charge in [0.25, 0.3) is 0 Å². The van der Waals surface area contributed by atoms with E-state index in [1.54, 1.807) is 6.92 Å². The predicted octanol–water partition coefficient (Wildman–Crippen LogP) is 0.537. The normalized spacial score (nSPS) is 25.1. The first-order valence-electron chi connectivity index (χ1n) is 6.75. The molecule has 1 aliphatic rings. The van der Waals surface area contributed by atoms with Crippen LogP contribution in [0.5, 0.6) is 0 Å². The van der Waals surface area contributed by atoms with Gasteiger partial charge in [-0.25, -0.2) is 9.59 Å². The highest BCUT2D eigenvalue weighted by molar-refractivity contribution is 5.87. The number of hydrogen-bond donors (Lipinski definition) is 3. The summed E-state index contributed by atoms with van der Waals surface area (Å²) < 4.78 is 0. The van der Waals surface area contributed by atoms with Gasteiger partial charge in [-0.05, 0) is 26.7 Å². The number of nitrogens with zero attached hydrogens (tertiary/aromatic N) is 1. The van der Waals surface area contributed by atoms with Crippen molar-refractivity contribution in [1.29, 1.82) is 0 Å². The van der Waals surface area contributed by atoms with Crippen LogP contribution in [0.1, 0.15) is 40.0 Å². The fourth-order valence-corrected chi connectivity index (χ4v) is 2.37. The summed E-state index contributed by atoms with van der Waals surface area (Å²) >= 11 is 0. The minimum Gasteiger partial charge on any atom is -0.480 e. The zero-order valence-corrected chi connectivity index (χ0v) is 12.2. The van der Waals surface area contributed by atoms with E-state index >= 15 is 0 Å². The molecule has 7 heteroatoms. The number of carbonyl (C=O) groups is 3. The highest BCUT2D eigenvalue weighted by Crippen LogP contribution is 2.29. The summed E-state index contributed by atoms with van der Waals surface area (Å²) in [5, 5.41) is 11.8. The summed E-state index contributed by atoms with van der Waals surface area (Å²) in [5.74, 6) is -1.51. The van der Waals surface area contributed by atoms with Crippen LogP contribution in [-0.4, -0.2) is 46.5 Å². The first-order valence-corrected chi connectivity index (χ1v) is 6.75. The topological polar surface area (TPSA) is 113 Å². The molecule has 1 fully saturated rings. The summed E-state index contributed by atoms with van der Waals surface area (Å²) in [6, 6.07) is -0.465. The standard InChI is InChI=1S/C13H23N3O4/c1-4-5-13(3,10(18)19)15-11(20)16-7-6-12(2,8-16)9(14)17/h4-8H2,1-3H3,(H2,14,17)(H,15,20)(H,18,19). The molecular weight excluding hydrogens is 262 g/mol. The van der Waals surface area contributed by atoms with Gasteiger partial charge < -0.3 is 21.1 Å². The van der Waals surface area contributed by atoms with Crippen molar-refractivity contribution in [3.63, 3.8) is 0 Å². The van der Waals surface area contributed by atoms with Gasteiger partial charge >= 0.3 is 12.0 Å². The molecule has 0 radical (unpaired) electrons. The maximum absolute atomic E-state index is 12.1. The van der Waals surface area contributed by atoms with Crippen LogP contribution in [-0.2, 0) is 9.59 Å². The average Bonchev–Trinajstić information content (AvgIpc) is 2.73. The van der Waals surface area contributed by atoms with Crippen LogP contribution in [0.3, 0.4) is 0 Å². The summed E-state index contributed by atoms with van der Waals surface area (Å²) in [7, 11) is 0. The summed E-state index contributed by atoms with van der Waals surface area (Å²) in [6.07, 6.45) is 1.48. The molecule has 1 saturated heterocycles. The van der Waals surface area contributed by atoms with Crippen molar-refractivity contribution in [2.24, 2.45) is 11.1 Å². The zero-order valence-electron chi connectivity index (χ0n) is 12.2. The van der Waals surface area contributed by atoms with E-state index in [2.05, 4.69) is 5.32 Å². The van der Waals surface area contributed by atoms with Crippen LogP contribution in [0, 0.1) is 5.41 Å². The lowest BCUT2D eigenvalue weighted by molar-refractivity contribution is -0.144. The van der Waals surface area contributed by atoms with Crippen molar-refractivity contribution < 1.29 is 19.5 Å². The summed E-state index contributed by atoms with van der Waals surface area (Å²) in [6.45, 7) is 5.67. The Hall–Kier alpha value is -1.79. The molecule has 1 heterocycles. The fourth-order valence-electron chi connectivity index (χ4n) is 2.37. The second-order valence-corrected chi connectivity index (χ2v) is 5.91. The SMILES string of the molecule is CCCC(C)(NC(=O)N1CCC(C)(C(N)=O)C1)C(=O)O. The Morgan fingerprint density at radius 3 is 2.45 bits per heavy atom. The molecule has 2 atom stereocenters. The van der Waals surface area contributed by atoms with E-state index in [1.165, 1.54) is 11.8 Å². The van der Waals surface area contributed by atoms with Crippen molar-refractivity contribution in [2.45, 2.75) is 45.6 Å². The van der Waals surface area contributed by atoms with Gasteiger partial charge in [0.15, 0.2) is 0 Å². The molecule has 0 bridgehead atoms. The number of primary amides is 1. The van der Waals surface area contributed by atoms with E-state index < -0.39 is 28.9 Å². The number of nitrogens with two attached hydrogens (primary N) is 1. The van der Waals surface area contributed by atoms with Gasteiger partial charge in [0.05, 0.1) is 5.41 Å². The van der Waals surface area contributed by atoms with Gasteiger partial charge in [-0.3, -0.25) is 4.79 Å². The number of carbonyl (C=O) groups excluding carboxylic acids is 2. The number of carboxylic acid groups (broad SMARTS) is 1. The third-order valence-electron chi connectivity index (χ3n) is 3.96. The Kier molecular flexibility index (Phi) is 4.62. The smallest absolute Gasteiger partial charge is 0.329 e. The lowest BCUT2D eigenvalue weighted by Gasteiger charge is -2.29. The number of amides is 3. The first kappa shape index (κ1) is 16.3. The van der Waals surface area contributed by atoms with Crippen LogP contribution in [0.25, 0.3) is 0 Å². The monoisotopic (exact) mass is 285 g/mol. The number of likely N-dealkylation sites (tertiary alicyclic amines) is 1. The third kappa shape index (κ3) is 3.20. The van der Waals surface area contributed by atoms with E-state index in [-0.39, 0.29) is 6.54 Å². The van der Waals surface area contributed by atoms with Gasteiger partial charge in [-0.15, -0.1) is 0 Å². The molecular formula is C13H23N3O4. The van der Waals surface area contributed by atoms with Crippen LogP contribution >= 0.6 is 0 Å². The van der Waals surface area contributed by atoms with E-state index in [1.807, 2.05) is 6.92 Å². The fraction of sp³-hybridized carbons (Fsp3) is 0.769. The molecule has 20 heavy (non-hydrogen) atoms. The number of aliphatic carboxylic acids is 1. The van der Waals surface area contributed by atoms with Crippen LogP contribution < -0.4 is 11.1 Å². The van der Waals surface area contributed by atoms with E-state index in [9.17, 15) is 19.5 Å². The van der Waals surface area contributed by atoms with Gasteiger partial charge in [-0.2, -0.15) is 0 Å². The molecule has 0 aliphatic carbocycles. The number of nitrogens with one attached hydrogen (secondary N) is 1. The number of carboxylic acids is 1. The predicted molar refractivity (Wildman–Crippen MR) is 73.0 cm³/mol. The Morgan fingerprint density at radius 2 is 2.05 bits per heavy atom. The average molecular weight is 285 g/mol. The van der Waals surface area contributed by atoms with Crippen molar-refractivity contribution >= 4 is 17.9 Å². The highest BCUT2D eigenvalue weighted by atomic mass is 16.4. The Labute approximate surface area is 118 Å². The minimum absolute atomic E-state index is 0.218. The highest BCUT2D eigenvalue weighted by Gasteiger charge is 2.43. The van der Waals surface area contributed by atoms with Gasteiger partial charge in [-0.1, -0.05) is 13.3 Å². The second-order valence-electron chi connectivity index (χ2n) is 5.91. The Balaban J connectivity index is 2.73. The van der Waals surface area contributed by atoms with Crippen molar-refractivity contribution in [3.05, 3.63) is 0 Å². The molecule has 2 unspecified atom stereocenters. The molecule has 1 rings (SSSR count). The van der Waals surface area contributed by atoms with Crippen molar-refractivity contribution in [3.8, 4) is 0 Å². The second kappa shape index (κ2) is 5.68. The molecule has 7 nitrogen and oxygen atoms in total. The summed E-state index contributed by atoms with van der Waals surface area (Å²) in [5.41, 5.74) is 3.30. The molecule has 0 saturated carbocycles. The van der Waals surface area contributed by atoms with Crippen molar-refractivity contribution in [2.75, 3.05) is 13.1 Å². The van der Waals surface area contributed by atoms with E-state index in [0.29, 0.717) is 25.8 Å². The molecule has 4 N–H and O–H groups in total. The largest absolute Gasteiger partial charge is 0.480 e. The minimum atomic E-state index is -1.29. The Morgan fingerprint density at radius 1 is 1.45 bits per heavy atom. The lowest BCUT2D eigenvalue weighted by atomic mass is 9.89. The molecule has 1 aliphatic heterocycles.